The zero-order valence-corrected chi connectivity index (χ0v) is 8.06. The van der Waals surface area contributed by atoms with Crippen LogP contribution in [-0.2, 0) is 0 Å². The summed E-state index contributed by atoms with van der Waals surface area (Å²) >= 11 is 0. The maximum Gasteiger partial charge on any atom is 0.147 e. The molecule has 1 aromatic heterocycles. The highest BCUT2D eigenvalue weighted by molar-refractivity contribution is 5.34. The summed E-state index contributed by atoms with van der Waals surface area (Å²) in [5.74, 6) is 0.863. The molecule has 1 unspecified atom stereocenters. The first-order chi connectivity index (χ1) is 6.86. The fraction of sp³-hybridized carbons (Fsp3) is 0.600. The molecule has 0 spiro atoms. The number of hydrogen-bond acceptors (Lipinski definition) is 3. The van der Waals surface area contributed by atoms with Gasteiger partial charge >= 0.3 is 0 Å². The number of hydrogen-bond donors (Lipinski definition) is 0. The van der Waals surface area contributed by atoms with Gasteiger partial charge in [0.05, 0.1) is 6.20 Å². The van der Waals surface area contributed by atoms with Gasteiger partial charge in [-0.05, 0) is 19.3 Å². The Morgan fingerprint density at radius 3 is 3.00 bits per heavy atom. The van der Waals surface area contributed by atoms with Gasteiger partial charge in [0, 0.05) is 25.5 Å². The Morgan fingerprint density at radius 1 is 1.29 bits per heavy atom. The van der Waals surface area contributed by atoms with E-state index in [-0.39, 0.29) is 0 Å². The van der Waals surface area contributed by atoms with Crippen LogP contribution in [-0.4, -0.2) is 29.2 Å². The topological polar surface area (TPSA) is 29.0 Å². The molecule has 0 bridgehead atoms. The summed E-state index contributed by atoms with van der Waals surface area (Å²) < 4.78 is 13.1. The largest absolute Gasteiger partial charge is 0.355 e. The minimum absolute atomic E-state index is 0.608. The quantitative estimate of drug-likeness (QED) is 0.684. The summed E-state index contributed by atoms with van der Waals surface area (Å²) in [5.41, 5.74) is 0. The molecule has 3 nitrogen and oxygen atoms in total. The number of aromatic nitrogens is 2. The van der Waals surface area contributed by atoms with Crippen LogP contribution in [0.25, 0.3) is 0 Å². The van der Waals surface area contributed by atoms with E-state index in [1.165, 1.54) is 0 Å². The van der Waals surface area contributed by atoms with Crippen LogP contribution >= 0.6 is 0 Å². The maximum atomic E-state index is 13.1. The summed E-state index contributed by atoms with van der Waals surface area (Å²) in [6.07, 6.45) is 6.60. The Kier molecular flexibility index (Phi) is 2.91. The lowest BCUT2D eigenvalue weighted by atomic mass is 10.2. The molecule has 0 radical (unpaired) electrons. The van der Waals surface area contributed by atoms with Crippen LogP contribution in [0.5, 0.6) is 0 Å². The molecule has 1 atom stereocenters. The van der Waals surface area contributed by atoms with Gasteiger partial charge in [-0.15, -0.1) is 0 Å². The third kappa shape index (κ3) is 2.19. The van der Waals surface area contributed by atoms with E-state index in [4.69, 9.17) is 0 Å². The molecule has 4 heteroatoms. The number of nitrogens with zero attached hydrogens (tertiary/aromatic N) is 3. The second-order valence-electron chi connectivity index (χ2n) is 3.58. The molecule has 2 heterocycles. The molecule has 76 valence electrons. The highest BCUT2D eigenvalue weighted by Gasteiger charge is 2.16. The summed E-state index contributed by atoms with van der Waals surface area (Å²) in [6.45, 7) is 1.64. The van der Waals surface area contributed by atoms with E-state index < -0.39 is 6.17 Å². The van der Waals surface area contributed by atoms with Crippen molar-refractivity contribution < 1.29 is 4.39 Å². The minimum atomic E-state index is -0.642. The van der Waals surface area contributed by atoms with Crippen molar-refractivity contribution in [1.29, 1.82) is 0 Å². The number of anilines is 1. The monoisotopic (exact) mass is 195 g/mol. The molecule has 2 rings (SSSR count). The second kappa shape index (κ2) is 4.35. The van der Waals surface area contributed by atoms with Crippen molar-refractivity contribution in [3.05, 3.63) is 18.6 Å². The van der Waals surface area contributed by atoms with E-state index in [1.807, 2.05) is 0 Å². The van der Waals surface area contributed by atoms with Crippen LogP contribution in [0.3, 0.4) is 0 Å². The smallest absolute Gasteiger partial charge is 0.147 e. The van der Waals surface area contributed by atoms with Gasteiger partial charge in [-0.25, -0.2) is 9.37 Å². The molecule has 1 aromatic rings. The summed E-state index contributed by atoms with van der Waals surface area (Å²) in [7, 11) is 0. The van der Waals surface area contributed by atoms with Crippen LogP contribution in [0.1, 0.15) is 19.3 Å². The summed E-state index contributed by atoms with van der Waals surface area (Å²) in [4.78, 5) is 10.3. The Hall–Kier alpha value is -1.19. The van der Waals surface area contributed by atoms with Gasteiger partial charge in [-0.1, -0.05) is 0 Å². The normalized spacial score (nSPS) is 23.2. The van der Waals surface area contributed by atoms with Gasteiger partial charge in [0.25, 0.3) is 0 Å². The number of alkyl halides is 1. The van der Waals surface area contributed by atoms with Gasteiger partial charge in [0.2, 0.25) is 0 Å². The van der Waals surface area contributed by atoms with Crippen LogP contribution < -0.4 is 4.90 Å². The number of rotatable bonds is 1. The van der Waals surface area contributed by atoms with Crippen LogP contribution in [0, 0.1) is 0 Å². The Morgan fingerprint density at radius 2 is 2.21 bits per heavy atom. The van der Waals surface area contributed by atoms with Crippen molar-refractivity contribution in [2.75, 3.05) is 18.0 Å². The van der Waals surface area contributed by atoms with Crippen molar-refractivity contribution >= 4 is 5.82 Å². The molecular weight excluding hydrogens is 181 g/mol. The second-order valence-corrected chi connectivity index (χ2v) is 3.58. The van der Waals surface area contributed by atoms with Crippen molar-refractivity contribution in [3.8, 4) is 0 Å². The predicted molar refractivity (Wildman–Crippen MR) is 53.0 cm³/mol. The zero-order chi connectivity index (χ0) is 9.80. The van der Waals surface area contributed by atoms with Gasteiger partial charge in [0.15, 0.2) is 0 Å². The first-order valence-electron chi connectivity index (χ1n) is 5.01. The van der Waals surface area contributed by atoms with Crippen molar-refractivity contribution in [1.82, 2.24) is 9.97 Å². The third-order valence-electron chi connectivity index (χ3n) is 2.53. The van der Waals surface area contributed by atoms with Crippen LogP contribution in [0.4, 0.5) is 10.2 Å². The molecule has 1 saturated heterocycles. The van der Waals surface area contributed by atoms with Crippen LogP contribution in [0.2, 0.25) is 0 Å². The average molecular weight is 195 g/mol. The van der Waals surface area contributed by atoms with Gasteiger partial charge in [-0.3, -0.25) is 4.98 Å². The fourth-order valence-corrected chi connectivity index (χ4v) is 1.74. The molecule has 1 fully saturated rings. The fourth-order valence-electron chi connectivity index (χ4n) is 1.74. The van der Waals surface area contributed by atoms with E-state index in [0.29, 0.717) is 12.8 Å². The molecule has 0 N–H and O–H groups in total. The molecule has 14 heavy (non-hydrogen) atoms. The van der Waals surface area contributed by atoms with Crippen LogP contribution in [0.15, 0.2) is 18.6 Å². The third-order valence-corrected chi connectivity index (χ3v) is 2.53. The lowest BCUT2D eigenvalue weighted by Crippen LogP contribution is -2.25. The molecule has 0 saturated carbocycles. The van der Waals surface area contributed by atoms with E-state index in [9.17, 15) is 4.39 Å². The highest BCUT2D eigenvalue weighted by Crippen LogP contribution is 2.17. The zero-order valence-electron chi connectivity index (χ0n) is 8.06. The predicted octanol–water partition coefficient (Wildman–Crippen LogP) is 1.81. The van der Waals surface area contributed by atoms with Gasteiger partial charge in [0.1, 0.15) is 12.0 Å². The maximum absolute atomic E-state index is 13.1. The lowest BCUT2D eigenvalue weighted by molar-refractivity contribution is 0.307. The standard InChI is InChI=1S/C10H14FN3/c11-9-2-1-6-14(7-3-9)10-8-12-4-5-13-10/h4-5,8-9H,1-3,6-7H2. The first-order valence-corrected chi connectivity index (χ1v) is 5.01. The van der Waals surface area contributed by atoms with E-state index in [0.717, 1.165) is 25.3 Å². The van der Waals surface area contributed by atoms with Gasteiger partial charge in [-0.2, -0.15) is 0 Å². The Balaban J connectivity index is 2.04. The van der Waals surface area contributed by atoms with E-state index in [2.05, 4.69) is 14.9 Å². The SMILES string of the molecule is FC1CCCN(c2cnccn2)CC1. The summed E-state index contributed by atoms with van der Waals surface area (Å²) in [5, 5.41) is 0. The van der Waals surface area contributed by atoms with E-state index >= 15 is 0 Å². The molecular formula is C10H14FN3. The molecule has 0 amide bonds. The average Bonchev–Trinajstić information content (AvgIpc) is 2.44. The first kappa shape index (κ1) is 9.37. The Labute approximate surface area is 83.0 Å². The van der Waals surface area contributed by atoms with Crippen molar-refractivity contribution in [2.24, 2.45) is 0 Å². The van der Waals surface area contributed by atoms with E-state index in [1.54, 1.807) is 18.6 Å². The highest BCUT2D eigenvalue weighted by atomic mass is 19.1. The van der Waals surface area contributed by atoms with Crippen molar-refractivity contribution in [2.45, 2.75) is 25.4 Å². The lowest BCUT2D eigenvalue weighted by Gasteiger charge is -2.20. The van der Waals surface area contributed by atoms with Crippen molar-refractivity contribution in [3.63, 3.8) is 0 Å². The molecule has 1 aliphatic heterocycles. The Bertz CT molecular complexity index is 278. The molecule has 0 aromatic carbocycles. The molecule has 0 aliphatic carbocycles. The minimum Gasteiger partial charge on any atom is -0.355 e. The van der Waals surface area contributed by atoms with Gasteiger partial charge < -0.3 is 4.90 Å². The summed E-state index contributed by atoms with van der Waals surface area (Å²) in [6, 6.07) is 0. The molecule has 1 aliphatic rings. The number of halogens is 1.